The second-order valence-electron chi connectivity index (χ2n) is 4.04. The van der Waals surface area contributed by atoms with E-state index in [0.29, 0.717) is 12.6 Å². The van der Waals surface area contributed by atoms with Gasteiger partial charge in [-0.1, -0.05) is 6.92 Å². The Kier molecular flexibility index (Phi) is 4.10. The van der Waals surface area contributed by atoms with E-state index >= 15 is 0 Å². The van der Waals surface area contributed by atoms with Gasteiger partial charge in [0.25, 0.3) is 0 Å². The third-order valence-corrected chi connectivity index (χ3v) is 5.25. The molecule has 0 saturated carbocycles. The van der Waals surface area contributed by atoms with Crippen LogP contribution in [0.2, 0.25) is 0 Å². The number of hydrogen-bond donors (Lipinski definition) is 1. The van der Waals surface area contributed by atoms with Gasteiger partial charge in [0.2, 0.25) is 0 Å². The Morgan fingerprint density at radius 1 is 1.56 bits per heavy atom. The lowest BCUT2D eigenvalue weighted by atomic mass is 10.3. The van der Waals surface area contributed by atoms with Crippen molar-refractivity contribution in [1.82, 2.24) is 4.98 Å². The summed E-state index contributed by atoms with van der Waals surface area (Å²) in [5, 5.41) is 1.17. The molecule has 1 atom stereocenters. The van der Waals surface area contributed by atoms with E-state index in [0.717, 1.165) is 13.0 Å². The molecule has 3 nitrogen and oxygen atoms in total. The Bertz CT molecular complexity index is 329. The summed E-state index contributed by atoms with van der Waals surface area (Å²) in [7, 11) is 0. The molecule has 0 amide bonds. The highest BCUT2D eigenvalue weighted by Crippen LogP contribution is 2.30. The number of nitrogens with zero attached hydrogens (tertiary/aromatic N) is 2. The van der Waals surface area contributed by atoms with Crippen LogP contribution in [0, 0.1) is 0 Å². The molecule has 1 saturated heterocycles. The van der Waals surface area contributed by atoms with Gasteiger partial charge in [-0.15, -0.1) is 11.3 Å². The molecule has 1 unspecified atom stereocenters. The molecule has 1 aliphatic heterocycles. The lowest BCUT2D eigenvalue weighted by Crippen LogP contribution is -2.40. The van der Waals surface area contributed by atoms with Crippen molar-refractivity contribution in [2.45, 2.75) is 32.9 Å². The van der Waals surface area contributed by atoms with E-state index in [-0.39, 0.29) is 0 Å². The van der Waals surface area contributed by atoms with E-state index in [1.807, 2.05) is 11.8 Å². The SMILES string of the molecule is CCc1nc(N2CCSCC2C)sc1CN. The summed E-state index contributed by atoms with van der Waals surface area (Å²) in [4.78, 5) is 8.41. The van der Waals surface area contributed by atoms with Crippen molar-refractivity contribution >= 4 is 28.2 Å². The monoisotopic (exact) mass is 257 g/mol. The lowest BCUT2D eigenvalue weighted by Gasteiger charge is -2.32. The van der Waals surface area contributed by atoms with Gasteiger partial charge in [-0.05, 0) is 13.3 Å². The zero-order valence-corrected chi connectivity index (χ0v) is 11.5. The van der Waals surface area contributed by atoms with Crippen molar-refractivity contribution in [2.75, 3.05) is 23.0 Å². The van der Waals surface area contributed by atoms with Crippen molar-refractivity contribution in [2.24, 2.45) is 5.73 Å². The highest BCUT2D eigenvalue weighted by molar-refractivity contribution is 7.99. The number of nitrogens with two attached hydrogens (primary N) is 1. The zero-order chi connectivity index (χ0) is 11.5. The van der Waals surface area contributed by atoms with Gasteiger partial charge in [0.1, 0.15) is 0 Å². The van der Waals surface area contributed by atoms with Gasteiger partial charge in [-0.25, -0.2) is 4.98 Å². The molecule has 90 valence electrons. The number of thiazole rings is 1. The molecule has 1 aromatic rings. The molecule has 0 aromatic carbocycles. The molecular weight excluding hydrogens is 238 g/mol. The highest BCUT2D eigenvalue weighted by Gasteiger charge is 2.22. The highest BCUT2D eigenvalue weighted by atomic mass is 32.2. The summed E-state index contributed by atoms with van der Waals surface area (Å²) in [5.41, 5.74) is 6.94. The summed E-state index contributed by atoms with van der Waals surface area (Å²) in [6.45, 7) is 6.17. The minimum atomic E-state index is 0.597. The molecule has 2 heterocycles. The minimum Gasteiger partial charge on any atom is -0.344 e. The van der Waals surface area contributed by atoms with Crippen LogP contribution in [0.1, 0.15) is 24.4 Å². The van der Waals surface area contributed by atoms with Crippen molar-refractivity contribution in [1.29, 1.82) is 0 Å². The van der Waals surface area contributed by atoms with E-state index in [2.05, 4.69) is 18.7 Å². The Morgan fingerprint density at radius 3 is 2.94 bits per heavy atom. The van der Waals surface area contributed by atoms with E-state index in [9.17, 15) is 0 Å². The smallest absolute Gasteiger partial charge is 0.186 e. The molecule has 0 spiro atoms. The van der Waals surface area contributed by atoms with Crippen LogP contribution in [0.3, 0.4) is 0 Å². The number of anilines is 1. The first-order valence-corrected chi connectivity index (χ1v) is 7.76. The standard InChI is InChI=1S/C11H19N3S2/c1-3-9-10(6-12)16-11(13-9)14-4-5-15-7-8(14)2/h8H,3-7,12H2,1-2H3. The summed E-state index contributed by atoms with van der Waals surface area (Å²) >= 11 is 3.81. The van der Waals surface area contributed by atoms with Crippen molar-refractivity contribution in [3.63, 3.8) is 0 Å². The minimum absolute atomic E-state index is 0.597. The predicted octanol–water partition coefficient (Wildman–Crippen LogP) is 2.11. The van der Waals surface area contributed by atoms with Crippen molar-refractivity contribution in [3.05, 3.63) is 10.6 Å². The van der Waals surface area contributed by atoms with Gasteiger partial charge in [0.05, 0.1) is 5.69 Å². The normalized spacial score (nSPS) is 21.4. The van der Waals surface area contributed by atoms with Gasteiger partial charge >= 0.3 is 0 Å². The lowest BCUT2D eigenvalue weighted by molar-refractivity contribution is 0.696. The number of thioether (sulfide) groups is 1. The van der Waals surface area contributed by atoms with E-state index in [1.165, 1.54) is 27.2 Å². The van der Waals surface area contributed by atoms with Crippen LogP contribution in [0.5, 0.6) is 0 Å². The molecular formula is C11H19N3S2. The van der Waals surface area contributed by atoms with Gasteiger partial charge in [-0.3, -0.25) is 0 Å². The van der Waals surface area contributed by atoms with Crippen LogP contribution >= 0.6 is 23.1 Å². The number of aromatic nitrogens is 1. The van der Waals surface area contributed by atoms with Crippen LogP contribution < -0.4 is 10.6 Å². The average Bonchev–Trinajstić information content (AvgIpc) is 2.72. The summed E-state index contributed by atoms with van der Waals surface area (Å²) in [6.07, 6.45) is 0.986. The summed E-state index contributed by atoms with van der Waals surface area (Å²) in [5.74, 6) is 2.42. The number of rotatable bonds is 3. The molecule has 1 aliphatic rings. The third-order valence-electron chi connectivity index (χ3n) is 2.90. The number of aryl methyl sites for hydroxylation is 1. The van der Waals surface area contributed by atoms with Gasteiger partial charge in [0, 0.05) is 35.5 Å². The van der Waals surface area contributed by atoms with Gasteiger partial charge < -0.3 is 10.6 Å². The van der Waals surface area contributed by atoms with Crippen molar-refractivity contribution in [3.8, 4) is 0 Å². The fourth-order valence-electron chi connectivity index (χ4n) is 1.94. The fraction of sp³-hybridized carbons (Fsp3) is 0.727. The molecule has 16 heavy (non-hydrogen) atoms. The van der Waals surface area contributed by atoms with E-state index in [4.69, 9.17) is 10.7 Å². The first-order valence-electron chi connectivity index (χ1n) is 5.79. The van der Waals surface area contributed by atoms with Crippen LogP contribution in [0.25, 0.3) is 0 Å². The summed E-state index contributed by atoms with van der Waals surface area (Å²) < 4.78 is 0. The Balaban J connectivity index is 2.22. The topological polar surface area (TPSA) is 42.2 Å². The molecule has 5 heteroatoms. The quantitative estimate of drug-likeness (QED) is 0.900. The molecule has 0 aliphatic carbocycles. The second kappa shape index (κ2) is 5.38. The van der Waals surface area contributed by atoms with Crippen LogP contribution in [-0.4, -0.2) is 29.1 Å². The Hall–Kier alpha value is -0.260. The first-order chi connectivity index (χ1) is 7.76. The fourth-order valence-corrected chi connectivity index (χ4v) is 4.11. The van der Waals surface area contributed by atoms with Crippen LogP contribution in [0.4, 0.5) is 5.13 Å². The maximum atomic E-state index is 5.75. The van der Waals surface area contributed by atoms with Gasteiger partial charge in [0.15, 0.2) is 5.13 Å². The molecule has 0 radical (unpaired) electrons. The Morgan fingerprint density at radius 2 is 2.38 bits per heavy atom. The molecule has 2 rings (SSSR count). The van der Waals surface area contributed by atoms with Crippen molar-refractivity contribution < 1.29 is 0 Å². The molecule has 2 N–H and O–H groups in total. The van der Waals surface area contributed by atoms with E-state index in [1.54, 1.807) is 11.3 Å². The van der Waals surface area contributed by atoms with E-state index < -0.39 is 0 Å². The maximum Gasteiger partial charge on any atom is 0.186 e. The third kappa shape index (κ3) is 2.36. The second-order valence-corrected chi connectivity index (χ2v) is 6.25. The summed E-state index contributed by atoms with van der Waals surface area (Å²) in [6, 6.07) is 0.597. The molecule has 1 aromatic heterocycles. The molecule has 0 bridgehead atoms. The predicted molar refractivity (Wildman–Crippen MR) is 73.5 cm³/mol. The number of hydrogen-bond acceptors (Lipinski definition) is 5. The zero-order valence-electron chi connectivity index (χ0n) is 9.90. The van der Waals surface area contributed by atoms with Gasteiger partial charge in [-0.2, -0.15) is 11.8 Å². The maximum absolute atomic E-state index is 5.75. The first kappa shape index (κ1) is 12.2. The van der Waals surface area contributed by atoms with Crippen LogP contribution in [0.15, 0.2) is 0 Å². The Labute approximate surface area is 105 Å². The largest absolute Gasteiger partial charge is 0.344 e. The van der Waals surface area contributed by atoms with Crippen LogP contribution in [-0.2, 0) is 13.0 Å². The molecule has 1 fully saturated rings. The average molecular weight is 257 g/mol.